The molecular formula is C28H29ClF3N3O4. The Morgan fingerprint density at radius 1 is 1.18 bits per heavy atom. The van der Waals surface area contributed by atoms with E-state index in [4.69, 9.17) is 11.6 Å². The number of alkyl halides is 2. The molecule has 7 nitrogen and oxygen atoms in total. The quantitative estimate of drug-likeness (QED) is 0.401. The van der Waals surface area contributed by atoms with Gasteiger partial charge in [0.1, 0.15) is 17.1 Å². The molecule has 1 aliphatic heterocycles. The fourth-order valence-electron chi connectivity index (χ4n) is 5.00. The van der Waals surface area contributed by atoms with E-state index in [-0.39, 0.29) is 33.8 Å². The second kappa shape index (κ2) is 10.8. The molecule has 208 valence electrons. The molecule has 3 aromatic rings. The Bertz CT molecular complexity index is 1430. The topological polar surface area (TPSA) is 83.8 Å². The number of piperidine rings is 1. The van der Waals surface area contributed by atoms with Crippen molar-refractivity contribution in [2.45, 2.75) is 56.9 Å². The lowest BCUT2D eigenvalue weighted by atomic mass is 10.0. The molecule has 1 aliphatic carbocycles. The number of ether oxygens (including phenoxy) is 1. The highest BCUT2D eigenvalue weighted by molar-refractivity contribution is 6.31. The van der Waals surface area contributed by atoms with E-state index in [0.717, 1.165) is 18.9 Å². The van der Waals surface area contributed by atoms with Crippen LogP contribution < -0.4 is 15.5 Å². The zero-order valence-corrected chi connectivity index (χ0v) is 22.1. The first-order chi connectivity index (χ1) is 18.5. The lowest BCUT2D eigenvalue weighted by molar-refractivity contribution is -0.158. The fraction of sp³-hybridized carbons (Fsp3) is 0.429. The normalized spacial score (nSPS) is 17.8. The number of hydrogen-bond donors (Lipinski definition) is 2. The van der Waals surface area contributed by atoms with E-state index in [0.29, 0.717) is 50.5 Å². The van der Waals surface area contributed by atoms with Gasteiger partial charge in [-0.3, -0.25) is 9.59 Å². The number of fused-ring (bicyclic) bond motifs is 1. The molecule has 2 aromatic carbocycles. The maximum Gasteiger partial charge on any atom is 0.394 e. The summed E-state index contributed by atoms with van der Waals surface area (Å²) >= 11 is 5.95. The predicted octanol–water partition coefficient (Wildman–Crippen LogP) is 5.05. The van der Waals surface area contributed by atoms with Crippen LogP contribution in [0.1, 0.15) is 60.7 Å². The van der Waals surface area contributed by atoms with E-state index in [1.54, 1.807) is 18.3 Å². The summed E-state index contributed by atoms with van der Waals surface area (Å²) in [6.45, 7) is 2.22. The number of aliphatic hydroxyl groups excluding tert-OH is 1. The number of aliphatic hydroxyl groups is 1. The Morgan fingerprint density at radius 2 is 1.85 bits per heavy atom. The van der Waals surface area contributed by atoms with Gasteiger partial charge in [-0.2, -0.15) is 8.78 Å². The average molecular weight is 564 g/mol. The SMILES string of the molecule is CC(F)(F)Oc1ccc(C(O)CN2CCC(NC(=O)c3cn(C4CC4)c4cc(Cl)c(F)cc4c3=O)CC2)cc1. The van der Waals surface area contributed by atoms with Crippen LogP contribution in [-0.2, 0) is 0 Å². The van der Waals surface area contributed by atoms with Crippen LogP contribution in [0.5, 0.6) is 5.75 Å². The van der Waals surface area contributed by atoms with E-state index in [2.05, 4.69) is 15.0 Å². The highest BCUT2D eigenvalue weighted by atomic mass is 35.5. The fourth-order valence-corrected chi connectivity index (χ4v) is 5.16. The van der Waals surface area contributed by atoms with Gasteiger partial charge in [-0.05, 0) is 55.5 Å². The van der Waals surface area contributed by atoms with Crippen LogP contribution in [0.4, 0.5) is 13.2 Å². The summed E-state index contributed by atoms with van der Waals surface area (Å²) < 4.78 is 46.5. The summed E-state index contributed by atoms with van der Waals surface area (Å²) in [5, 5.41) is 13.6. The number of nitrogens with zero attached hydrogens (tertiary/aromatic N) is 2. The lowest BCUT2D eigenvalue weighted by Gasteiger charge is -2.33. The Balaban J connectivity index is 1.20. The molecule has 0 bridgehead atoms. The van der Waals surface area contributed by atoms with Gasteiger partial charge in [0, 0.05) is 50.2 Å². The van der Waals surface area contributed by atoms with Gasteiger partial charge in [-0.25, -0.2) is 4.39 Å². The third-order valence-electron chi connectivity index (χ3n) is 7.17. The Morgan fingerprint density at radius 3 is 2.46 bits per heavy atom. The van der Waals surface area contributed by atoms with Crippen molar-refractivity contribution in [3.05, 3.63) is 74.8 Å². The molecule has 2 N–H and O–H groups in total. The van der Waals surface area contributed by atoms with E-state index in [1.165, 1.54) is 18.2 Å². The molecule has 2 fully saturated rings. The summed E-state index contributed by atoms with van der Waals surface area (Å²) in [5.74, 6) is -1.19. The van der Waals surface area contributed by atoms with Crippen LogP contribution in [0.2, 0.25) is 5.02 Å². The first kappa shape index (κ1) is 27.5. The van der Waals surface area contributed by atoms with Gasteiger partial charge >= 0.3 is 6.11 Å². The summed E-state index contributed by atoms with van der Waals surface area (Å²) in [6.07, 6.45) is 0.496. The minimum absolute atomic E-state index is 0.0132. The zero-order chi connectivity index (χ0) is 27.9. The maximum absolute atomic E-state index is 14.2. The third kappa shape index (κ3) is 6.40. The molecule has 39 heavy (non-hydrogen) atoms. The van der Waals surface area contributed by atoms with Crippen LogP contribution in [0.25, 0.3) is 10.9 Å². The largest absolute Gasteiger partial charge is 0.433 e. The number of β-amino-alcohol motifs (C(OH)–C–C–N with tert-alkyl or cyclic N) is 1. The standard InChI is InChI=1S/C28H29ClF3N3O4/c1-28(31,32)39-19-6-2-16(3-7-19)25(36)15-34-10-8-17(9-11-34)33-27(38)21-14-35(18-4-5-18)24-13-22(29)23(30)12-20(24)26(21)37/h2-3,6-7,12-14,17-18,25,36H,4-5,8-11,15H2,1H3,(H,33,38). The van der Waals surface area contributed by atoms with E-state index >= 15 is 0 Å². The van der Waals surface area contributed by atoms with Crippen molar-refractivity contribution in [1.29, 1.82) is 0 Å². The molecule has 1 atom stereocenters. The third-order valence-corrected chi connectivity index (χ3v) is 7.46. The van der Waals surface area contributed by atoms with E-state index in [9.17, 15) is 27.9 Å². The molecule has 2 heterocycles. The second-order valence-electron chi connectivity index (χ2n) is 10.3. The molecule has 11 heteroatoms. The van der Waals surface area contributed by atoms with Crippen LogP contribution in [-0.4, -0.2) is 52.3 Å². The summed E-state index contributed by atoms with van der Waals surface area (Å²) in [6, 6.07) is 8.40. The number of amides is 1. The zero-order valence-electron chi connectivity index (χ0n) is 21.3. The molecule has 0 radical (unpaired) electrons. The van der Waals surface area contributed by atoms with Crippen molar-refractivity contribution < 1.29 is 27.8 Å². The second-order valence-corrected chi connectivity index (χ2v) is 10.7. The van der Waals surface area contributed by atoms with Crippen LogP contribution >= 0.6 is 11.6 Å². The van der Waals surface area contributed by atoms with Crippen molar-refractivity contribution in [3.8, 4) is 5.75 Å². The number of likely N-dealkylation sites (tertiary alicyclic amines) is 1. The van der Waals surface area contributed by atoms with Crippen molar-refractivity contribution in [2.75, 3.05) is 19.6 Å². The minimum Gasteiger partial charge on any atom is -0.433 e. The van der Waals surface area contributed by atoms with Gasteiger partial charge in [0.05, 0.1) is 16.6 Å². The van der Waals surface area contributed by atoms with Crippen LogP contribution in [0, 0.1) is 5.82 Å². The van der Waals surface area contributed by atoms with E-state index in [1.807, 2.05) is 4.57 Å². The molecule has 1 saturated carbocycles. The predicted molar refractivity (Wildman–Crippen MR) is 141 cm³/mol. The van der Waals surface area contributed by atoms with Crippen molar-refractivity contribution in [2.24, 2.45) is 0 Å². The highest BCUT2D eigenvalue weighted by Gasteiger charge is 2.29. The smallest absolute Gasteiger partial charge is 0.394 e. The average Bonchev–Trinajstić information content (AvgIpc) is 3.71. The number of pyridine rings is 1. The molecule has 1 aromatic heterocycles. The van der Waals surface area contributed by atoms with Gasteiger partial charge in [0.2, 0.25) is 5.43 Å². The number of benzene rings is 2. The minimum atomic E-state index is -3.28. The van der Waals surface area contributed by atoms with Crippen LogP contribution in [0.3, 0.4) is 0 Å². The number of hydrogen-bond acceptors (Lipinski definition) is 5. The Hall–Kier alpha value is -3.08. The van der Waals surface area contributed by atoms with Crippen molar-refractivity contribution in [3.63, 3.8) is 0 Å². The molecule has 2 aliphatic rings. The first-order valence-electron chi connectivity index (χ1n) is 12.9. The lowest BCUT2D eigenvalue weighted by Crippen LogP contribution is -2.46. The number of nitrogens with one attached hydrogen (secondary N) is 1. The number of aromatic nitrogens is 1. The van der Waals surface area contributed by atoms with E-state index < -0.39 is 29.4 Å². The Labute approximate surface area is 228 Å². The summed E-state index contributed by atoms with van der Waals surface area (Å²) in [7, 11) is 0. The van der Waals surface area contributed by atoms with Gasteiger partial charge < -0.3 is 24.6 Å². The van der Waals surface area contributed by atoms with Gasteiger partial charge in [0.25, 0.3) is 5.91 Å². The summed E-state index contributed by atoms with van der Waals surface area (Å²) in [4.78, 5) is 28.3. The number of carbonyl (C=O) groups excluding carboxylic acids is 1. The van der Waals surface area contributed by atoms with Gasteiger partial charge in [-0.15, -0.1) is 0 Å². The molecule has 5 rings (SSSR count). The maximum atomic E-state index is 14.2. The highest BCUT2D eigenvalue weighted by Crippen LogP contribution is 2.37. The molecule has 1 amide bonds. The monoisotopic (exact) mass is 563 g/mol. The number of halogens is 4. The van der Waals surface area contributed by atoms with Crippen molar-refractivity contribution >= 4 is 28.4 Å². The summed E-state index contributed by atoms with van der Waals surface area (Å²) in [5.41, 5.74) is 0.540. The van der Waals surface area contributed by atoms with Crippen molar-refractivity contribution in [1.82, 2.24) is 14.8 Å². The number of carbonyl (C=O) groups is 1. The first-order valence-corrected chi connectivity index (χ1v) is 13.3. The molecule has 1 saturated heterocycles. The van der Waals surface area contributed by atoms with Crippen LogP contribution in [0.15, 0.2) is 47.4 Å². The molecule has 0 spiro atoms. The number of rotatable bonds is 8. The Kier molecular flexibility index (Phi) is 7.63. The van der Waals surface area contributed by atoms with Gasteiger partial charge in [-0.1, -0.05) is 23.7 Å². The van der Waals surface area contributed by atoms with Gasteiger partial charge in [0.15, 0.2) is 0 Å². The molecule has 1 unspecified atom stereocenters. The molecular weight excluding hydrogens is 535 g/mol.